The first-order valence-corrected chi connectivity index (χ1v) is 16.2. The van der Waals surface area contributed by atoms with Crippen LogP contribution < -0.4 is 20.3 Å². The van der Waals surface area contributed by atoms with Gasteiger partial charge in [0.1, 0.15) is 16.5 Å². The van der Waals surface area contributed by atoms with Gasteiger partial charge < -0.3 is 25.2 Å². The monoisotopic (exact) mass is 600 g/mol. The summed E-state index contributed by atoms with van der Waals surface area (Å²) in [6, 6.07) is 11.7. The van der Waals surface area contributed by atoms with Crippen molar-refractivity contribution in [1.82, 2.24) is 24.8 Å². The Kier molecular flexibility index (Phi) is 9.12. The number of piperazine rings is 1. The maximum Gasteiger partial charge on any atom is 0.239 e. The number of hydrogen-bond acceptors (Lipinski definition) is 11. The van der Waals surface area contributed by atoms with Gasteiger partial charge in [0.25, 0.3) is 0 Å². The molecule has 0 aliphatic carbocycles. The Bertz CT molecular complexity index is 1460. The molecule has 2 saturated heterocycles. The molecule has 220 valence electrons. The highest BCUT2D eigenvalue weighted by Crippen LogP contribution is 2.32. The molecule has 2 aliphatic rings. The summed E-state index contributed by atoms with van der Waals surface area (Å²) in [5, 5.41) is 6.63. The van der Waals surface area contributed by atoms with Crippen LogP contribution in [0.1, 0.15) is 18.4 Å². The molecule has 5 rings (SSSR count). The highest BCUT2D eigenvalue weighted by Gasteiger charge is 2.27. The fourth-order valence-corrected chi connectivity index (χ4v) is 6.27. The standard InChI is InChI=1S/C28H37ClN8O3S/c1-35-14-16-36(17-15-35)21-10-12-37(13-11-21)25-9-8-24(27(33-25)40-2)32-28-30-18-22(29)26(34-28)31-23-7-5-4-6-20(23)19-41(3,38)39/h4-9,18,21H,10-17,19H2,1-3H3,(H2,30,31,32,34). The van der Waals surface area contributed by atoms with Gasteiger partial charge in [-0.2, -0.15) is 9.97 Å². The zero-order valence-corrected chi connectivity index (χ0v) is 25.2. The van der Waals surface area contributed by atoms with E-state index in [1.165, 1.54) is 12.5 Å². The van der Waals surface area contributed by atoms with E-state index >= 15 is 0 Å². The van der Waals surface area contributed by atoms with Crippen LogP contribution in [0.25, 0.3) is 0 Å². The largest absolute Gasteiger partial charge is 0.479 e. The van der Waals surface area contributed by atoms with Gasteiger partial charge in [0.2, 0.25) is 11.8 Å². The Balaban J connectivity index is 1.26. The summed E-state index contributed by atoms with van der Waals surface area (Å²) in [5.74, 6) is 1.85. The zero-order valence-electron chi connectivity index (χ0n) is 23.7. The van der Waals surface area contributed by atoms with E-state index in [0.29, 0.717) is 45.6 Å². The number of methoxy groups -OCH3 is 1. The fourth-order valence-electron chi connectivity index (χ4n) is 5.32. The van der Waals surface area contributed by atoms with Crippen molar-refractivity contribution in [1.29, 1.82) is 0 Å². The Morgan fingerprint density at radius 3 is 2.41 bits per heavy atom. The molecule has 11 nitrogen and oxygen atoms in total. The summed E-state index contributed by atoms with van der Waals surface area (Å²) in [6.45, 7) is 6.47. The molecule has 2 aliphatic heterocycles. The van der Waals surface area contributed by atoms with Crippen LogP contribution in [-0.4, -0.2) is 98.9 Å². The minimum atomic E-state index is -3.23. The van der Waals surface area contributed by atoms with Gasteiger partial charge >= 0.3 is 0 Å². The van der Waals surface area contributed by atoms with Crippen molar-refractivity contribution < 1.29 is 13.2 Å². The van der Waals surface area contributed by atoms with Gasteiger partial charge in [-0.25, -0.2) is 13.4 Å². The molecule has 1 aromatic carbocycles. The topological polar surface area (TPSA) is 116 Å². The molecule has 13 heteroatoms. The van der Waals surface area contributed by atoms with E-state index < -0.39 is 9.84 Å². The first-order valence-electron chi connectivity index (χ1n) is 13.7. The van der Waals surface area contributed by atoms with Gasteiger partial charge in [-0.15, -0.1) is 0 Å². The molecule has 3 aromatic rings. The third-order valence-electron chi connectivity index (χ3n) is 7.56. The third kappa shape index (κ3) is 7.56. The molecule has 0 unspecified atom stereocenters. The number of ether oxygens (including phenoxy) is 1. The van der Waals surface area contributed by atoms with E-state index in [2.05, 4.69) is 42.3 Å². The van der Waals surface area contributed by atoms with E-state index in [9.17, 15) is 8.42 Å². The molecule has 2 N–H and O–H groups in total. The highest BCUT2D eigenvalue weighted by molar-refractivity contribution is 7.89. The van der Waals surface area contributed by atoms with Crippen LogP contribution in [0.5, 0.6) is 5.88 Å². The number of nitrogens with one attached hydrogen (secondary N) is 2. The number of pyridine rings is 1. The molecule has 0 bridgehead atoms. The van der Waals surface area contributed by atoms with Crippen LogP contribution in [-0.2, 0) is 15.6 Å². The summed E-state index contributed by atoms with van der Waals surface area (Å²) in [7, 11) is 0.553. The predicted molar refractivity (Wildman–Crippen MR) is 164 cm³/mol. The van der Waals surface area contributed by atoms with Gasteiger partial charge in [0.15, 0.2) is 15.7 Å². The summed E-state index contributed by atoms with van der Waals surface area (Å²) in [5.41, 5.74) is 1.84. The summed E-state index contributed by atoms with van der Waals surface area (Å²) in [6.07, 6.45) is 4.93. The lowest BCUT2D eigenvalue weighted by Gasteiger charge is -2.42. The van der Waals surface area contributed by atoms with E-state index in [4.69, 9.17) is 21.3 Å². The van der Waals surface area contributed by atoms with Crippen molar-refractivity contribution >= 4 is 50.4 Å². The number of likely N-dealkylation sites (N-methyl/N-ethyl adjacent to an activating group) is 1. The Morgan fingerprint density at radius 1 is 0.976 bits per heavy atom. The minimum Gasteiger partial charge on any atom is -0.479 e. The Hall–Kier alpha value is -3.19. The van der Waals surface area contributed by atoms with Crippen LogP contribution in [0, 0.1) is 0 Å². The van der Waals surface area contributed by atoms with Gasteiger partial charge in [-0.05, 0) is 43.7 Å². The number of aromatic nitrogens is 3. The van der Waals surface area contributed by atoms with Crippen molar-refractivity contribution in [2.45, 2.75) is 24.6 Å². The number of sulfone groups is 1. The van der Waals surface area contributed by atoms with Crippen molar-refractivity contribution in [2.75, 3.05) is 75.2 Å². The van der Waals surface area contributed by atoms with E-state index in [-0.39, 0.29) is 5.75 Å². The van der Waals surface area contributed by atoms with Gasteiger partial charge in [-0.3, -0.25) is 4.90 Å². The van der Waals surface area contributed by atoms with Crippen LogP contribution >= 0.6 is 11.6 Å². The first-order chi connectivity index (χ1) is 19.7. The second-order valence-corrected chi connectivity index (χ2v) is 13.2. The smallest absolute Gasteiger partial charge is 0.239 e. The number of nitrogens with zero attached hydrogens (tertiary/aromatic N) is 6. The normalized spacial score (nSPS) is 17.4. The van der Waals surface area contributed by atoms with Crippen LogP contribution in [0.3, 0.4) is 0 Å². The van der Waals surface area contributed by atoms with Crippen molar-refractivity contribution in [2.24, 2.45) is 0 Å². The number of benzene rings is 1. The number of halogens is 1. The first kappa shape index (κ1) is 29.3. The molecule has 2 fully saturated rings. The van der Waals surface area contributed by atoms with Crippen LogP contribution in [0.4, 0.5) is 29.0 Å². The van der Waals surface area contributed by atoms with Crippen LogP contribution in [0.2, 0.25) is 5.02 Å². The molecule has 41 heavy (non-hydrogen) atoms. The second-order valence-electron chi connectivity index (χ2n) is 10.7. The third-order valence-corrected chi connectivity index (χ3v) is 8.67. The molecule has 0 saturated carbocycles. The fraction of sp³-hybridized carbons (Fsp3) is 0.464. The molecule has 2 aromatic heterocycles. The lowest BCUT2D eigenvalue weighted by Crippen LogP contribution is -2.52. The Labute approximate surface area is 246 Å². The number of hydrogen-bond donors (Lipinski definition) is 2. The molecule has 0 radical (unpaired) electrons. The highest BCUT2D eigenvalue weighted by atomic mass is 35.5. The zero-order chi connectivity index (χ0) is 29.0. The molecule has 0 atom stereocenters. The van der Waals surface area contributed by atoms with Gasteiger partial charge in [0.05, 0.1) is 19.1 Å². The maximum atomic E-state index is 11.9. The van der Waals surface area contributed by atoms with E-state index in [1.807, 2.05) is 18.2 Å². The molecule has 4 heterocycles. The average molecular weight is 601 g/mol. The van der Waals surface area contributed by atoms with Crippen molar-refractivity contribution in [3.63, 3.8) is 0 Å². The molecular formula is C28H37ClN8O3S. The SMILES string of the molecule is COc1nc(N2CCC(N3CCN(C)CC3)CC2)ccc1Nc1ncc(Cl)c(Nc2ccccc2CS(C)(=O)=O)n1. The van der Waals surface area contributed by atoms with Gasteiger partial charge in [-0.1, -0.05) is 29.8 Å². The summed E-state index contributed by atoms with van der Waals surface area (Å²) < 4.78 is 29.4. The average Bonchev–Trinajstić information content (AvgIpc) is 2.96. The number of piperidine rings is 1. The van der Waals surface area contributed by atoms with Gasteiger partial charge in [0, 0.05) is 57.3 Å². The van der Waals surface area contributed by atoms with E-state index in [1.54, 1.807) is 25.3 Å². The number of rotatable bonds is 9. The second kappa shape index (κ2) is 12.8. The molecular weight excluding hydrogens is 564 g/mol. The lowest BCUT2D eigenvalue weighted by molar-refractivity contribution is 0.0981. The minimum absolute atomic E-state index is 0.104. The quantitative estimate of drug-likeness (QED) is 0.374. The van der Waals surface area contributed by atoms with Crippen molar-refractivity contribution in [3.8, 4) is 5.88 Å². The Morgan fingerprint density at radius 2 is 1.71 bits per heavy atom. The molecule has 0 spiro atoms. The summed E-state index contributed by atoms with van der Waals surface area (Å²) >= 11 is 6.38. The van der Waals surface area contributed by atoms with E-state index in [0.717, 1.165) is 57.9 Å². The molecule has 0 amide bonds. The lowest BCUT2D eigenvalue weighted by atomic mass is 10.0. The number of para-hydroxylation sites is 1. The van der Waals surface area contributed by atoms with Crippen LogP contribution in [0.15, 0.2) is 42.6 Å². The summed E-state index contributed by atoms with van der Waals surface area (Å²) in [4.78, 5) is 21.0. The number of anilines is 5. The maximum absolute atomic E-state index is 11.9. The predicted octanol–water partition coefficient (Wildman–Crippen LogP) is 3.78. The van der Waals surface area contributed by atoms with Crippen molar-refractivity contribution in [3.05, 3.63) is 53.2 Å².